The Morgan fingerprint density at radius 1 is 1.00 bits per heavy atom. The number of rotatable bonds is 6. The number of nitrogens with one attached hydrogen (secondary N) is 1. The molecule has 6 nitrogen and oxygen atoms in total. The third kappa shape index (κ3) is 4.94. The van der Waals surface area contributed by atoms with E-state index < -0.39 is 0 Å². The number of ether oxygens (including phenoxy) is 1. The maximum atomic E-state index is 13.4. The predicted octanol–water partition coefficient (Wildman–Crippen LogP) is 5.62. The van der Waals surface area contributed by atoms with Crippen LogP contribution < -0.4 is 15.6 Å². The Morgan fingerprint density at radius 2 is 1.73 bits per heavy atom. The van der Waals surface area contributed by atoms with Gasteiger partial charge in [0.1, 0.15) is 5.75 Å². The molecule has 0 amide bonds. The first kappa shape index (κ1) is 21.8. The van der Waals surface area contributed by atoms with E-state index in [0.717, 1.165) is 16.7 Å². The molecule has 1 heterocycles. The van der Waals surface area contributed by atoms with Crippen molar-refractivity contribution in [3.05, 3.63) is 111 Å². The normalized spacial score (nSPS) is 10.5. The molecule has 164 valence electrons. The van der Waals surface area contributed by atoms with Crippen LogP contribution in [-0.4, -0.2) is 9.55 Å². The van der Waals surface area contributed by atoms with E-state index in [1.54, 1.807) is 28.8 Å². The van der Waals surface area contributed by atoms with Crippen molar-refractivity contribution in [3.63, 3.8) is 0 Å². The summed E-state index contributed by atoms with van der Waals surface area (Å²) < 4.78 is 7.85. The van der Waals surface area contributed by atoms with E-state index in [4.69, 9.17) is 10.00 Å². The summed E-state index contributed by atoms with van der Waals surface area (Å²) in [5.41, 5.74) is 4.70. The summed E-state index contributed by atoms with van der Waals surface area (Å²) in [7, 11) is 0. The van der Waals surface area contributed by atoms with Crippen LogP contribution in [0.1, 0.15) is 27.9 Å². The van der Waals surface area contributed by atoms with Crippen LogP contribution in [-0.2, 0) is 6.54 Å². The fourth-order valence-electron chi connectivity index (χ4n) is 3.54. The second kappa shape index (κ2) is 9.41. The van der Waals surface area contributed by atoms with Crippen molar-refractivity contribution in [2.75, 3.05) is 5.32 Å². The van der Waals surface area contributed by atoms with Gasteiger partial charge in [-0.1, -0.05) is 48.0 Å². The first-order chi connectivity index (χ1) is 15.9. The molecule has 0 atom stereocenters. The molecule has 0 saturated carbocycles. The number of anilines is 2. The Balaban J connectivity index is 1.78. The van der Waals surface area contributed by atoms with Gasteiger partial charge in [-0.3, -0.25) is 9.36 Å². The van der Waals surface area contributed by atoms with Crippen molar-refractivity contribution in [2.45, 2.75) is 27.3 Å². The third-order valence-corrected chi connectivity index (χ3v) is 5.37. The van der Waals surface area contributed by atoms with Crippen molar-refractivity contribution >= 4 is 11.5 Å². The highest BCUT2D eigenvalue weighted by Crippen LogP contribution is 2.28. The van der Waals surface area contributed by atoms with Gasteiger partial charge in [0, 0.05) is 5.69 Å². The van der Waals surface area contributed by atoms with Gasteiger partial charge in [-0.15, -0.1) is 0 Å². The van der Waals surface area contributed by atoms with Crippen molar-refractivity contribution in [1.29, 1.82) is 5.26 Å². The fourth-order valence-corrected chi connectivity index (χ4v) is 3.54. The summed E-state index contributed by atoms with van der Waals surface area (Å²) >= 11 is 0. The number of hydrogen-bond acceptors (Lipinski definition) is 5. The van der Waals surface area contributed by atoms with Gasteiger partial charge in [0.2, 0.25) is 11.7 Å². The lowest BCUT2D eigenvalue weighted by molar-refractivity contribution is 0.444. The molecule has 0 aliphatic heterocycles. The van der Waals surface area contributed by atoms with E-state index >= 15 is 0 Å². The molecule has 0 saturated heterocycles. The Labute approximate surface area is 192 Å². The third-order valence-electron chi connectivity index (χ3n) is 5.37. The number of benzene rings is 3. The first-order valence-corrected chi connectivity index (χ1v) is 10.6. The molecule has 4 aromatic rings. The summed E-state index contributed by atoms with van der Waals surface area (Å²) in [5, 5.41) is 12.1. The molecular weight excluding hydrogens is 412 g/mol. The lowest BCUT2D eigenvalue weighted by Gasteiger charge is -2.17. The van der Waals surface area contributed by atoms with Crippen molar-refractivity contribution < 1.29 is 4.74 Å². The van der Waals surface area contributed by atoms with Crippen molar-refractivity contribution in [2.24, 2.45) is 0 Å². The Hall–Kier alpha value is -4.37. The first-order valence-electron chi connectivity index (χ1n) is 10.6. The molecule has 3 aromatic carbocycles. The van der Waals surface area contributed by atoms with Crippen LogP contribution in [0.25, 0.3) is 0 Å². The lowest BCUT2D eigenvalue weighted by Crippen LogP contribution is -2.27. The quantitative estimate of drug-likeness (QED) is 0.424. The standard InChI is InChI=1S/C27H24N4O2/c1-18-9-14-24(19(2)15-18)33-26-20(3)31(17-22-7-5-4-6-8-22)27(32)25(30-26)29-23-12-10-21(16-28)11-13-23/h4-15H,17H2,1-3H3,(H,29,30). The number of aryl methyl sites for hydroxylation is 2. The smallest absolute Gasteiger partial charge is 0.294 e. The highest BCUT2D eigenvalue weighted by Gasteiger charge is 2.17. The van der Waals surface area contributed by atoms with Gasteiger partial charge >= 0.3 is 0 Å². The second-order valence-corrected chi connectivity index (χ2v) is 7.91. The van der Waals surface area contributed by atoms with Crippen molar-refractivity contribution in [1.82, 2.24) is 9.55 Å². The van der Waals surface area contributed by atoms with Gasteiger partial charge in [-0.25, -0.2) is 0 Å². The molecule has 0 bridgehead atoms. The average molecular weight is 437 g/mol. The molecule has 0 aliphatic rings. The van der Waals surface area contributed by atoms with Crippen molar-refractivity contribution in [3.8, 4) is 17.7 Å². The van der Waals surface area contributed by atoms with E-state index in [1.807, 2.05) is 69.3 Å². The van der Waals surface area contributed by atoms with Gasteiger partial charge in [-0.05, 0) is 62.2 Å². The topological polar surface area (TPSA) is 79.9 Å². The van der Waals surface area contributed by atoms with Gasteiger partial charge in [-0.2, -0.15) is 10.2 Å². The zero-order valence-electron chi connectivity index (χ0n) is 18.8. The molecule has 6 heteroatoms. The van der Waals surface area contributed by atoms with E-state index in [9.17, 15) is 4.79 Å². The highest BCUT2D eigenvalue weighted by molar-refractivity contribution is 5.57. The monoisotopic (exact) mass is 436 g/mol. The van der Waals surface area contributed by atoms with E-state index in [2.05, 4.69) is 16.4 Å². The zero-order chi connectivity index (χ0) is 23.4. The van der Waals surface area contributed by atoms with E-state index in [0.29, 0.717) is 35.1 Å². The predicted molar refractivity (Wildman–Crippen MR) is 129 cm³/mol. The lowest BCUT2D eigenvalue weighted by atomic mass is 10.1. The molecular formula is C27H24N4O2. The minimum Gasteiger partial charge on any atom is -0.437 e. The van der Waals surface area contributed by atoms with Gasteiger partial charge < -0.3 is 10.1 Å². The van der Waals surface area contributed by atoms with Gasteiger partial charge in [0.05, 0.1) is 23.9 Å². The summed E-state index contributed by atoms with van der Waals surface area (Å²) in [5.74, 6) is 1.19. The Morgan fingerprint density at radius 3 is 2.39 bits per heavy atom. The summed E-state index contributed by atoms with van der Waals surface area (Å²) in [4.78, 5) is 17.9. The molecule has 33 heavy (non-hydrogen) atoms. The fraction of sp³-hybridized carbons (Fsp3) is 0.148. The van der Waals surface area contributed by atoms with Crippen LogP contribution in [0.2, 0.25) is 0 Å². The minimum absolute atomic E-state index is 0.154. The number of nitrogens with zero attached hydrogens (tertiary/aromatic N) is 3. The van der Waals surface area contributed by atoms with Crippen LogP contribution in [0.3, 0.4) is 0 Å². The van der Waals surface area contributed by atoms with Crippen LogP contribution in [0.15, 0.2) is 77.6 Å². The number of nitriles is 1. The summed E-state index contributed by atoms with van der Waals surface area (Å²) in [6.45, 7) is 6.23. The van der Waals surface area contributed by atoms with Crippen LogP contribution in [0.5, 0.6) is 11.6 Å². The Kier molecular flexibility index (Phi) is 6.23. The molecule has 1 aromatic heterocycles. The van der Waals surface area contributed by atoms with Crippen LogP contribution in [0.4, 0.5) is 11.5 Å². The van der Waals surface area contributed by atoms with Gasteiger partial charge in [0.15, 0.2) is 0 Å². The average Bonchev–Trinajstić information content (AvgIpc) is 2.82. The highest BCUT2D eigenvalue weighted by atomic mass is 16.5. The minimum atomic E-state index is -0.256. The molecule has 0 spiro atoms. The Bertz CT molecular complexity index is 1390. The van der Waals surface area contributed by atoms with E-state index in [1.165, 1.54) is 0 Å². The largest absolute Gasteiger partial charge is 0.437 e. The van der Waals surface area contributed by atoms with Crippen LogP contribution in [0, 0.1) is 32.1 Å². The van der Waals surface area contributed by atoms with Gasteiger partial charge in [0.25, 0.3) is 5.56 Å². The van der Waals surface area contributed by atoms with Crippen LogP contribution >= 0.6 is 0 Å². The molecule has 4 rings (SSSR count). The number of aromatic nitrogens is 2. The molecule has 0 fully saturated rings. The summed E-state index contributed by atoms with van der Waals surface area (Å²) in [6.07, 6.45) is 0. The maximum Gasteiger partial charge on any atom is 0.294 e. The molecule has 0 radical (unpaired) electrons. The van der Waals surface area contributed by atoms with E-state index in [-0.39, 0.29) is 11.4 Å². The molecule has 0 aliphatic carbocycles. The molecule has 1 N–H and O–H groups in total. The number of hydrogen-bond donors (Lipinski definition) is 1. The zero-order valence-corrected chi connectivity index (χ0v) is 18.8. The SMILES string of the molecule is Cc1ccc(Oc2nc(Nc3ccc(C#N)cc3)c(=O)n(Cc3ccccc3)c2C)c(C)c1. The maximum absolute atomic E-state index is 13.4. The molecule has 0 unspecified atom stereocenters. The summed E-state index contributed by atoms with van der Waals surface area (Å²) in [6, 6.07) is 24.7. The second-order valence-electron chi connectivity index (χ2n) is 7.91.